The molecule has 0 saturated carbocycles. The summed E-state index contributed by atoms with van der Waals surface area (Å²) in [7, 11) is 1.38. The van der Waals surface area contributed by atoms with E-state index in [1.54, 1.807) is 19.1 Å². The number of benzene rings is 1. The van der Waals surface area contributed by atoms with Crippen molar-refractivity contribution >= 4 is 17.9 Å². The van der Waals surface area contributed by atoms with Crippen LogP contribution >= 0.6 is 0 Å². The highest BCUT2D eigenvalue weighted by Crippen LogP contribution is 2.11. The van der Waals surface area contributed by atoms with Gasteiger partial charge < -0.3 is 10.1 Å². The fourth-order valence-electron chi connectivity index (χ4n) is 1.48. The first kappa shape index (κ1) is 14.7. The lowest BCUT2D eigenvalue weighted by molar-refractivity contribution is -0.123. The minimum atomic E-state index is -0.683. The van der Waals surface area contributed by atoms with Crippen molar-refractivity contribution in [2.45, 2.75) is 13.8 Å². The van der Waals surface area contributed by atoms with Crippen LogP contribution in [0, 0.1) is 13.8 Å². The van der Waals surface area contributed by atoms with Crippen LogP contribution in [0.25, 0.3) is 0 Å². The third kappa shape index (κ3) is 4.42. The normalized spacial score (nSPS) is 9.63. The van der Waals surface area contributed by atoms with Gasteiger partial charge in [0, 0.05) is 7.05 Å². The van der Waals surface area contributed by atoms with E-state index in [9.17, 15) is 14.4 Å². The third-order valence-corrected chi connectivity index (χ3v) is 2.42. The summed E-state index contributed by atoms with van der Waals surface area (Å²) in [5.41, 5.74) is 2.21. The Hall–Kier alpha value is -2.37. The molecule has 0 saturated heterocycles. The van der Waals surface area contributed by atoms with Crippen molar-refractivity contribution in [3.63, 3.8) is 0 Å². The molecule has 0 aliphatic rings. The first-order valence-electron chi connectivity index (χ1n) is 5.70. The van der Waals surface area contributed by atoms with E-state index in [-0.39, 0.29) is 0 Å². The standard InChI is InChI=1S/C13H16N2O4/c1-8-4-5-10(9(2)6-8)12(17)19-7-11(16)15-13(18)14-3/h4-6H,7H2,1-3H3,(H2,14,15,16,18). The lowest BCUT2D eigenvalue weighted by atomic mass is 10.1. The number of aryl methyl sites for hydroxylation is 2. The summed E-state index contributed by atoms with van der Waals surface area (Å²) in [4.78, 5) is 33.8. The van der Waals surface area contributed by atoms with Gasteiger partial charge in [0.15, 0.2) is 6.61 Å². The smallest absolute Gasteiger partial charge is 0.338 e. The first-order chi connectivity index (χ1) is 8.93. The van der Waals surface area contributed by atoms with Crippen molar-refractivity contribution in [3.05, 3.63) is 34.9 Å². The topological polar surface area (TPSA) is 84.5 Å². The molecule has 0 heterocycles. The number of esters is 1. The lowest BCUT2D eigenvalue weighted by Crippen LogP contribution is -2.39. The van der Waals surface area contributed by atoms with Crippen molar-refractivity contribution in [1.29, 1.82) is 0 Å². The summed E-state index contributed by atoms with van der Waals surface area (Å²) < 4.78 is 4.82. The van der Waals surface area contributed by atoms with Gasteiger partial charge in [-0.2, -0.15) is 0 Å². The molecule has 19 heavy (non-hydrogen) atoms. The molecule has 1 aromatic rings. The number of hydrogen-bond donors (Lipinski definition) is 2. The van der Waals surface area contributed by atoms with Crippen LogP contribution in [0.3, 0.4) is 0 Å². The number of ether oxygens (including phenoxy) is 1. The number of nitrogens with one attached hydrogen (secondary N) is 2. The number of hydrogen-bond acceptors (Lipinski definition) is 4. The van der Waals surface area contributed by atoms with E-state index < -0.39 is 24.5 Å². The van der Waals surface area contributed by atoms with E-state index in [0.717, 1.165) is 11.1 Å². The average Bonchev–Trinajstić information content (AvgIpc) is 2.35. The Kier molecular flexibility index (Phi) is 5.05. The van der Waals surface area contributed by atoms with Gasteiger partial charge in [0.2, 0.25) is 0 Å². The number of imide groups is 1. The van der Waals surface area contributed by atoms with Crippen LogP contribution in [-0.4, -0.2) is 31.6 Å². The fraction of sp³-hybridized carbons (Fsp3) is 0.308. The van der Waals surface area contributed by atoms with Crippen LogP contribution in [0.4, 0.5) is 4.79 Å². The largest absolute Gasteiger partial charge is 0.452 e. The number of rotatable bonds is 3. The Morgan fingerprint density at radius 2 is 1.89 bits per heavy atom. The zero-order chi connectivity index (χ0) is 14.4. The summed E-state index contributed by atoms with van der Waals surface area (Å²) in [5.74, 6) is -1.28. The second kappa shape index (κ2) is 6.53. The molecule has 6 heteroatoms. The van der Waals surface area contributed by atoms with Gasteiger partial charge in [0.1, 0.15) is 0 Å². The quantitative estimate of drug-likeness (QED) is 0.795. The van der Waals surface area contributed by atoms with E-state index in [0.29, 0.717) is 5.56 Å². The molecule has 3 amide bonds. The Bertz CT molecular complexity index is 511. The van der Waals surface area contributed by atoms with Crippen molar-refractivity contribution < 1.29 is 19.1 Å². The Morgan fingerprint density at radius 3 is 2.47 bits per heavy atom. The molecule has 0 fully saturated rings. The molecule has 102 valence electrons. The molecule has 1 rings (SSSR count). The van der Waals surface area contributed by atoms with Crippen molar-refractivity contribution in [1.82, 2.24) is 10.6 Å². The Morgan fingerprint density at radius 1 is 1.21 bits per heavy atom. The van der Waals surface area contributed by atoms with Gasteiger partial charge in [-0.3, -0.25) is 10.1 Å². The highest BCUT2D eigenvalue weighted by molar-refractivity contribution is 5.97. The van der Waals surface area contributed by atoms with Crippen LogP contribution in [0.5, 0.6) is 0 Å². The van der Waals surface area contributed by atoms with Crippen LogP contribution in [0.2, 0.25) is 0 Å². The molecule has 0 aliphatic carbocycles. The molecular weight excluding hydrogens is 248 g/mol. The number of amides is 3. The summed E-state index contributed by atoms with van der Waals surface area (Å²) in [6.07, 6.45) is 0. The zero-order valence-electron chi connectivity index (χ0n) is 11.1. The summed E-state index contributed by atoms with van der Waals surface area (Å²) in [6, 6.07) is 4.63. The highest BCUT2D eigenvalue weighted by Gasteiger charge is 2.13. The van der Waals surface area contributed by atoms with Crippen molar-refractivity contribution in [2.24, 2.45) is 0 Å². The average molecular weight is 264 g/mol. The summed E-state index contributed by atoms with van der Waals surface area (Å²) in [6.45, 7) is 3.20. The maximum absolute atomic E-state index is 11.7. The van der Waals surface area contributed by atoms with Crippen LogP contribution < -0.4 is 10.6 Å². The van der Waals surface area contributed by atoms with E-state index in [2.05, 4.69) is 5.32 Å². The van der Waals surface area contributed by atoms with Gasteiger partial charge >= 0.3 is 12.0 Å². The molecule has 0 spiro atoms. The van der Waals surface area contributed by atoms with Crippen molar-refractivity contribution in [3.8, 4) is 0 Å². The van der Waals surface area contributed by atoms with Gasteiger partial charge in [0.25, 0.3) is 5.91 Å². The van der Waals surface area contributed by atoms with E-state index in [1.807, 2.05) is 18.3 Å². The molecule has 2 N–H and O–H groups in total. The molecule has 0 bridgehead atoms. The number of urea groups is 1. The maximum atomic E-state index is 11.7. The predicted octanol–water partition coefficient (Wildman–Crippen LogP) is 0.916. The third-order valence-electron chi connectivity index (χ3n) is 2.42. The Labute approximate surface area is 111 Å². The second-order valence-electron chi connectivity index (χ2n) is 4.02. The maximum Gasteiger partial charge on any atom is 0.338 e. The zero-order valence-corrected chi connectivity index (χ0v) is 11.1. The van der Waals surface area contributed by atoms with Gasteiger partial charge in [-0.25, -0.2) is 9.59 Å². The summed E-state index contributed by atoms with van der Waals surface area (Å²) in [5, 5.41) is 4.21. The molecule has 6 nitrogen and oxygen atoms in total. The highest BCUT2D eigenvalue weighted by atomic mass is 16.5. The minimum Gasteiger partial charge on any atom is -0.452 e. The molecule has 1 aromatic carbocycles. The van der Waals surface area contributed by atoms with Crippen LogP contribution in [0.1, 0.15) is 21.5 Å². The Balaban J connectivity index is 2.56. The molecular formula is C13H16N2O4. The molecule has 0 atom stereocenters. The van der Waals surface area contributed by atoms with Gasteiger partial charge in [0.05, 0.1) is 5.56 Å². The molecule has 0 aromatic heterocycles. The number of carbonyl (C=O) groups is 3. The van der Waals surface area contributed by atoms with Crippen LogP contribution in [-0.2, 0) is 9.53 Å². The first-order valence-corrected chi connectivity index (χ1v) is 5.70. The minimum absolute atomic E-state index is 0.401. The SMILES string of the molecule is CNC(=O)NC(=O)COC(=O)c1ccc(C)cc1C. The van der Waals surface area contributed by atoms with Gasteiger partial charge in [-0.05, 0) is 25.5 Å². The number of carbonyl (C=O) groups excluding carboxylic acids is 3. The second-order valence-corrected chi connectivity index (χ2v) is 4.02. The lowest BCUT2D eigenvalue weighted by Gasteiger charge is -2.07. The van der Waals surface area contributed by atoms with Crippen LogP contribution in [0.15, 0.2) is 18.2 Å². The molecule has 0 radical (unpaired) electrons. The molecule has 0 unspecified atom stereocenters. The van der Waals surface area contributed by atoms with E-state index in [1.165, 1.54) is 7.05 Å². The monoisotopic (exact) mass is 264 g/mol. The fourth-order valence-corrected chi connectivity index (χ4v) is 1.48. The molecule has 0 aliphatic heterocycles. The van der Waals surface area contributed by atoms with E-state index >= 15 is 0 Å². The van der Waals surface area contributed by atoms with E-state index in [4.69, 9.17) is 4.74 Å². The summed E-state index contributed by atoms with van der Waals surface area (Å²) >= 11 is 0. The van der Waals surface area contributed by atoms with Gasteiger partial charge in [-0.15, -0.1) is 0 Å². The van der Waals surface area contributed by atoms with Crippen molar-refractivity contribution in [2.75, 3.05) is 13.7 Å². The van der Waals surface area contributed by atoms with Gasteiger partial charge in [-0.1, -0.05) is 17.7 Å². The predicted molar refractivity (Wildman–Crippen MR) is 68.8 cm³/mol.